The van der Waals surface area contributed by atoms with Gasteiger partial charge in [-0.3, -0.25) is 4.90 Å². The summed E-state index contributed by atoms with van der Waals surface area (Å²) in [6.07, 6.45) is 2.45. The van der Waals surface area contributed by atoms with E-state index in [-0.39, 0.29) is 29.9 Å². The Balaban J connectivity index is 0.00000364. The van der Waals surface area contributed by atoms with E-state index in [0.29, 0.717) is 24.1 Å². The third-order valence-corrected chi connectivity index (χ3v) is 4.42. The number of ether oxygens (including phenoxy) is 1. The van der Waals surface area contributed by atoms with E-state index in [1.54, 1.807) is 12.1 Å². The average molecular weight is 488 g/mol. The predicted molar refractivity (Wildman–Crippen MR) is 121 cm³/mol. The van der Waals surface area contributed by atoms with Gasteiger partial charge in [-0.25, -0.2) is 9.79 Å². The minimum atomic E-state index is -0.508. The van der Waals surface area contributed by atoms with Crippen LogP contribution in [0.4, 0.5) is 0 Å². The highest BCUT2D eigenvalue weighted by Crippen LogP contribution is 2.16. The van der Waals surface area contributed by atoms with Gasteiger partial charge in [-0.05, 0) is 64.4 Å². The van der Waals surface area contributed by atoms with Gasteiger partial charge in [-0.2, -0.15) is 0 Å². The summed E-state index contributed by atoms with van der Waals surface area (Å²) >= 11 is 0. The molecule has 1 heterocycles. The highest BCUT2D eigenvalue weighted by atomic mass is 127. The van der Waals surface area contributed by atoms with E-state index in [1.807, 2.05) is 32.9 Å². The fourth-order valence-corrected chi connectivity index (χ4v) is 3.13. The Kier molecular flexibility index (Phi) is 9.52. The molecule has 0 radical (unpaired) electrons. The highest BCUT2D eigenvalue weighted by Gasteiger charge is 2.22. The van der Waals surface area contributed by atoms with Crippen LogP contribution in [0.15, 0.2) is 29.3 Å². The number of halogens is 1. The van der Waals surface area contributed by atoms with E-state index < -0.39 is 5.60 Å². The molecule has 1 aromatic rings. The Hall–Kier alpha value is -1.35. The first-order valence-electron chi connectivity index (χ1n) is 9.38. The van der Waals surface area contributed by atoms with Gasteiger partial charge in [-0.1, -0.05) is 19.1 Å². The molecule has 0 aromatic heterocycles. The van der Waals surface area contributed by atoms with E-state index in [1.165, 1.54) is 12.8 Å². The zero-order valence-electron chi connectivity index (χ0n) is 16.8. The summed E-state index contributed by atoms with van der Waals surface area (Å²) in [5.41, 5.74) is 6.95. The molecule has 1 unspecified atom stereocenters. The van der Waals surface area contributed by atoms with Gasteiger partial charge < -0.3 is 15.8 Å². The Morgan fingerprint density at radius 2 is 2.15 bits per heavy atom. The molecule has 7 heteroatoms. The van der Waals surface area contributed by atoms with Gasteiger partial charge >= 0.3 is 5.97 Å². The number of rotatable bonds is 6. The average Bonchev–Trinajstić information content (AvgIpc) is 3.04. The molecule has 0 amide bonds. The number of carbonyl (C=O) groups excluding carboxylic acids is 1. The summed E-state index contributed by atoms with van der Waals surface area (Å²) in [6.45, 7) is 11.2. The number of hydrogen-bond donors (Lipinski definition) is 2. The Morgan fingerprint density at radius 3 is 2.81 bits per heavy atom. The van der Waals surface area contributed by atoms with Crippen molar-refractivity contribution in [3.05, 3.63) is 35.4 Å². The van der Waals surface area contributed by atoms with Crippen LogP contribution in [0.3, 0.4) is 0 Å². The standard InChI is InChI=1S/C20H32N4O2.HI/c1-5-24-11-7-10-17(24)14-23-19(21)22-13-15-8-6-9-16(12-15)18(25)26-20(2,3)4;/h6,8-9,12,17H,5,7,10-11,13-14H2,1-4H3,(H3,21,22,23);1H. The number of hydrogen-bond acceptors (Lipinski definition) is 4. The summed E-state index contributed by atoms with van der Waals surface area (Å²) in [6, 6.07) is 7.86. The van der Waals surface area contributed by atoms with Crippen molar-refractivity contribution < 1.29 is 9.53 Å². The van der Waals surface area contributed by atoms with Crippen molar-refractivity contribution in [2.45, 2.75) is 58.7 Å². The molecule has 1 aliphatic rings. The van der Waals surface area contributed by atoms with Crippen LogP contribution in [0.25, 0.3) is 0 Å². The van der Waals surface area contributed by atoms with Crippen LogP contribution < -0.4 is 11.1 Å². The molecule has 1 fully saturated rings. The van der Waals surface area contributed by atoms with E-state index in [2.05, 4.69) is 22.1 Å². The lowest BCUT2D eigenvalue weighted by Gasteiger charge is -2.23. The quantitative estimate of drug-likeness (QED) is 0.279. The van der Waals surface area contributed by atoms with Crippen molar-refractivity contribution in [3.8, 4) is 0 Å². The van der Waals surface area contributed by atoms with Gasteiger partial charge in [0.05, 0.1) is 12.1 Å². The maximum absolute atomic E-state index is 12.2. The largest absolute Gasteiger partial charge is 0.456 e. The van der Waals surface area contributed by atoms with Crippen LogP contribution in [0, 0.1) is 0 Å². The predicted octanol–water partition coefficient (Wildman–Crippen LogP) is 3.15. The maximum Gasteiger partial charge on any atom is 0.338 e. The van der Waals surface area contributed by atoms with E-state index >= 15 is 0 Å². The lowest BCUT2D eigenvalue weighted by molar-refractivity contribution is 0.00694. The van der Waals surface area contributed by atoms with E-state index in [4.69, 9.17) is 10.5 Å². The lowest BCUT2D eigenvalue weighted by Crippen LogP contribution is -2.42. The molecule has 0 aliphatic carbocycles. The van der Waals surface area contributed by atoms with Crippen molar-refractivity contribution in [1.82, 2.24) is 10.2 Å². The van der Waals surface area contributed by atoms with Crippen molar-refractivity contribution in [1.29, 1.82) is 0 Å². The second-order valence-corrected chi connectivity index (χ2v) is 7.71. The number of aliphatic imine (C=N–C) groups is 1. The van der Waals surface area contributed by atoms with Gasteiger partial charge in [-0.15, -0.1) is 24.0 Å². The summed E-state index contributed by atoms with van der Waals surface area (Å²) in [5.74, 6) is 0.117. The minimum Gasteiger partial charge on any atom is -0.456 e. The number of nitrogens with zero attached hydrogens (tertiary/aromatic N) is 2. The van der Waals surface area contributed by atoms with Crippen LogP contribution in [0.1, 0.15) is 56.5 Å². The normalized spacial score (nSPS) is 18.1. The zero-order valence-corrected chi connectivity index (χ0v) is 19.2. The monoisotopic (exact) mass is 488 g/mol. The van der Waals surface area contributed by atoms with Crippen LogP contribution in [0.5, 0.6) is 0 Å². The topological polar surface area (TPSA) is 80.0 Å². The number of guanidine groups is 1. The molecular weight excluding hydrogens is 455 g/mol. The van der Waals surface area contributed by atoms with E-state index in [0.717, 1.165) is 25.2 Å². The Morgan fingerprint density at radius 1 is 1.41 bits per heavy atom. The third-order valence-electron chi connectivity index (χ3n) is 4.42. The van der Waals surface area contributed by atoms with Crippen molar-refractivity contribution in [3.63, 3.8) is 0 Å². The third kappa shape index (κ3) is 8.04. The zero-order chi connectivity index (χ0) is 19.2. The van der Waals surface area contributed by atoms with Crippen LogP contribution in [0.2, 0.25) is 0 Å². The summed E-state index contributed by atoms with van der Waals surface area (Å²) in [7, 11) is 0. The number of nitrogens with one attached hydrogen (secondary N) is 1. The molecule has 152 valence electrons. The molecule has 0 bridgehead atoms. The van der Waals surface area contributed by atoms with Gasteiger partial charge in [0.25, 0.3) is 0 Å². The van der Waals surface area contributed by atoms with Crippen LogP contribution in [-0.4, -0.2) is 48.1 Å². The van der Waals surface area contributed by atoms with Crippen LogP contribution >= 0.6 is 24.0 Å². The fraction of sp³-hybridized carbons (Fsp3) is 0.600. The summed E-state index contributed by atoms with van der Waals surface area (Å²) in [4.78, 5) is 19.0. The first-order valence-corrected chi connectivity index (χ1v) is 9.38. The number of carbonyl (C=O) groups is 1. The molecule has 1 saturated heterocycles. The molecule has 0 spiro atoms. The summed E-state index contributed by atoms with van der Waals surface area (Å²) < 4.78 is 5.40. The number of benzene rings is 1. The number of esters is 1. The molecule has 0 saturated carbocycles. The Bertz CT molecular complexity index is 643. The molecule has 27 heavy (non-hydrogen) atoms. The van der Waals surface area contributed by atoms with E-state index in [9.17, 15) is 4.79 Å². The number of likely N-dealkylation sites (N-methyl/N-ethyl adjacent to an activating group) is 1. The number of nitrogens with two attached hydrogens (primary N) is 1. The molecular formula is C20H33IN4O2. The fourth-order valence-electron chi connectivity index (χ4n) is 3.13. The minimum absolute atomic E-state index is 0. The first-order chi connectivity index (χ1) is 12.3. The first kappa shape index (κ1) is 23.7. The lowest BCUT2D eigenvalue weighted by atomic mass is 10.1. The molecule has 1 atom stereocenters. The molecule has 1 aliphatic heterocycles. The molecule has 3 N–H and O–H groups in total. The van der Waals surface area contributed by atoms with Crippen molar-refractivity contribution >= 4 is 35.9 Å². The smallest absolute Gasteiger partial charge is 0.338 e. The van der Waals surface area contributed by atoms with Gasteiger partial charge in [0.15, 0.2) is 5.96 Å². The van der Waals surface area contributed by atoms with Gasteiger partial charge in [0.1, 0.15) is 5.60 Å². The molecule has 6 nitrogen and oxygen atoms in total. The van der Waals surface area contributed by atoms with Crippen molar-refractivity contribution in [2.75, 3.05) is 19.6 Å². The second kappa shape index (κ2) is 10.8. The molecule has 2 rings (SSSR count). The van der Waals surface area contributed by atoms with Gasteiger partial charge in [0, 0.05) is 12.6 Å². The van der Waals surface area contributed by atoms with Crippen molar-refractivity contribution in [2.24, 2.45) is 10.7 Å². The Labute approximate surface area is 179 Å². The maximum atomic E-state index is 12.2. The second-order valence-electron chi connectivity index (χ2n) is 7.71. The number of likely N-dealkylation sites (tertiary alicyclic amines) is 1. The molecule has 1 aromatic carbocycles. The summed E-state index contributed by atoms with van der Waals surface area (Å²) in [5, 5.41) is 3.22. The SMILES string of the molecule is CCN1CCCC1CNC(N)=NCc1cccc(C(=O)OC(C)(C)C)c1.I. The van der Waals surface area contributed by atoms with Crippen LogP contribution in [-0.2, 0) is 11.3 Å². The van der Waals surface area contributed by atoms with Gasteiger partial charge in [0.2, 0.25) is 0 Å². The highest BCUT2D eigenvalue weighted by molar-refractivity contribution is 14.0.